The Morgan fingerprint density at radius 1 is 1.19 bits per heavy atom. The molecule has 0 saturated carbocycles. The number of pyridine rings is 1. The minimum absolute atomic E-state index is 0.167. The SMILES string of the molecule is CC(C)[C@H](NC(=O)OC(C)(C)C)C(=O)N1CCC(Oc2ccncc2C(F)(F)F)CC1. The zero-order valence-electron chi connectivity index (χ0n) is 18.5. The molecule has 1 N–H and O–H groups in total. The van der Waals surface area contributed by atoms with Gasteiger partial charge < -0.3 is 19.7 Å². The first-order valence-electron chi connectivity index (χ1n) is 10.2. The van der Waals surface area contributed by atoms with E-state index in [0.29, 0.717) is 25.9 Å². The average Bonchev–Trinajstić information content (AvgIpc) is 2.64. The first kappa shape index (κ1) is 24.7. The van der Waals surface area contributed by atoms with E-state index < -0.39 is 35.6 Å². The molecule has 0 aromatic carbocycles. The second kappa shape index (κ2) is 9.74. The van der Waals surface area contributed by atoms with Crippen LogP contribution in [0.2, 0.25) is 0 Å². The molecule has 1 aromatic rings. The van der Waals surface area contributed by atoms with Crippen LogP contribution >= 0.6 is 0 Å². The molecule has 31 heavy (non-hydrogen) atoms. The number of carbonyl (C=O) groups excluding carboxylic acids is 2. The molecule has 1 fully saturated rings. The van der Waals surface area contributed by atoms with Gasteiger partial charge in [-0.25, -0.2) is 4.79 Å². The number of rotatable bonds is 5. The van der Waals surface area contributed by atoms with Crippen LogP contribution in [0.15, 0.2) is 18.5 Å². The summed E-state index contributed by atoms with van der Waals surface area (Å²) in [7, 11) is 0. The third-order valence-corrected chi connectivity index (χ3v) is 4.74. The van der Waals surface area contributed by atoms with Gasteiger partial charge in [-0.15, -0.1) is 0 Å². The van der Waals surface area contributed by atoms with Gasteiger partial charge in [-0.05, 0) is 32.8 Å². The maximum atomic E-state index is 13.1. The third-order valence-electron chi connectivity index (χ3n) is 4.74. The predicted octanol–water partition coefficient (Wildman–Crippen LogP) is 4.02. The fourth-order valence-electron chi connectivity index (χ4n) is 3.22. The molecule has 1 saturated heterocycles. The molecule has 2 rings (SSSR count). The monoisotopic (exact) mass is 445 g/mol. The fraction of sp³-hybridized carbons (Fsp3) is 0.667. The first-order chi connectivity index (χ1) is 14.3. The van der Waals surface area contributed by atoms with Crippen LogP contribution in [0, 0.1) is 5.92 Å². The van der Waals surface area contributed by atoms with Gasteiger partial charge in [0.05, 0.1) is 0 Å². The predicted molar refractivity (Wildman–Crippen MR) is 107 cm³/mol. The van der Waals surface area contributed by atoms with Crippen molar-refractivity contribution < 1.29 is 32.2 Å². The summed E-state index contributed by atoms with van der Waals surface area (Å²) < 4.78 is 50.2. The number of amides is 2. The van der Waals surface area contributed by atoms with Crippen molar-refractivity contribution >= 4 is 12.0 Å². The van der Waals surface area contributed by atoms with Crippen molar-refractivity contribution in [3.8, 4) is 5.75 Å². The molecule has 1 aromatic heterocycles. The van der Waals surface area contributed by atoms with E-state index in [1.54, 1.807) is 25.7 Å². The van der Waals surface area contributed by atoms with E-state index in [9.17, 15) is 22.8 Å². The standard InChI is InChI=1S/C21H30F3N3O4/c1-13(2)17(26-19(29)31-20(3,4)5)18(28)27-10-7-14(8-11-27)30-16-6-9-25-12-15(16)21(22,23)24/h6,9,12-14,17H,7-8,10-11H2,1-5H3,(H,26,29)/t17-/m0/s1. The van der Waals surface area contributed by atoms with Crippen molar-refractivity contribution in [1.82, 2.24) is 15.2 Å². The zero-order valence-corrected chi connectivity index (χ0v) is 18.5. The number of nitrogens with one attached hydrogen (secondary N) is 1. The Morgan fingerprint density at radius 3 is 2.32 bits per heavy atom. The lowest BCUT2D eigenvalue weighted by Gasteiger charge is -2.35. The largest absolute Gasteiger partial charge is 0.490 e. The lowest BCUT2D eigenvalue weighted by molar-refractivity contribution is -0.139. The molecule has 1 aliphatic rings. The number of nitrogens with zero attached hydrogens (tertiary/aromatic N) is 2. The molecule has 0 unspecified atom stereocenters. The molecule has 2 heterocycles. The summed E-state index contributed by atoms with van der Waals surface area (Å²) in [4.78, 5) is 30.2. The van der Waals surface area contributed by atoms with Crippen molar-refractivity contribution in [3.63, 3.8) is 0 Å². The summed E-state index contributed by atoms with van der Waals surface area (Å²) in [5.74, 6) is -0.682. The molecule has 0 aliphatic carbocycles. The molecular formula is C21H30F3N3O4. The van der Waals surface area contributed by atoms with E-state index in [2.05, 4.69) is 10.3 Å². The summed E-state index contributed by atoms with van der Waals surface area (Å²) in [5, 5.41) is 2.63. The molecule has 2 amide bonds. The normalized spacial score (nSPS) is 16.7. The molecule has 7 nitrogen and oxygen atoms in total. The Labute approximate surface area is 180 Å². The molecule has 174 valence electrons. The van der Waals surface area contributed by atoms with Crippen molar-refractivity contribution in [2.45, 2.75) is 71.4 Å². The topological polar surface area (TPSA) is 80.8 Å². The molecule has 0 spiro atoms. The highest BCUT2D eigenvalue weighted by Crippen LogP contribution is 2.36. The minimum Gasteiger partial charge on any atom is -0.490 e. The fourth-order valence-corrected chi connectivity index (χ4v) is 3.22. The van der Waals surface area contributed by atoms with Gasteiger partial charge in [0.25, 0.3) is 0 Å². The van der Waals surface area contributed by atoms with E-state index in [1.165, 1.54) is 12.3 Å². The van der Waals surface area contributed by atoms with Gasteiger partial charge in [-0.1, -0.05) is 13.8 Å². The van der Waals surface area contributed by atoms with Crippen LogP contribution in [-0.4, -0.2) is 52.7 Å². The number of likely N-dealkylation sites (tertiary alicyclic amines) is 1. The lowest BCUT2D eigenvalue weighted by Crippen LogP contribution is -2.54. The quantitative estimate of drug-likeness (QED) is 0.741. The first-order valence-corrected chi connectivity index (χ1v) is 10.2. The van der Waals surface area contributed by atoms with Gasteiger partial charge >= 0.3 is 12.3 Å². The van der Waals surface area contributed by atoms with Crippen molar-refractivity contribution in [3.05, 3.63) is 24.0 Å². The van der Waals surface area contributed by atoms with Crippen molar-refractivity contribution in [2.75, 3.05) is 13.1 Å². The van der Waals surface area contributed by atoms with Crippen LogP contribution in [0.5, 0.6) is 5.75 Å². The van der Waals surface area contributed by atoms with E-state index in [-0.39, 0.29) is 17.6 Å². The molecular weight excluding hydrogens is 415 g/mol. The summed E-state index contributed by atoms with van der Waals surface area (Å²) in [6.45, 7) is 9.46. The Balaban J connectivity index is 1.97. The number of alkyl halides is 3. The van der Waals surface area contributed by atoms with Crippen molar-refractivity contribution in [2.24, 2.45) is 5.92 Å². The van der Waals surface area contributed by atoms with Crippen molar-refractivity contribution in [1.29, 1.82) is 0 Å². The molecule has 1 aliphatic heterocycles. The summed E-state index contributed by atoms with van der Waals surface area (Å²) in [6, 6.07) is 0.434. The molecule has 0 radical (unpaired) electrons. The summed E-state index contributed by atoms with van der Waals surface area (Å²) >= 11 is 0. The highest BCUT2D eigenvalue weighted by Gasteiger charge is 2.36. The van der Waals surface area contributed by atoms with E-state index in [4.69, 9.17) is 9.47 Å². The minimum atomic E-state index is -4.56. The smallest absolute Gasteiger partial charge is 0.421 e. The zero-order chi connectivity index (χ0) is 23.4. The number of hydrogen-bond donors (Lipinski definition) is 1. The molecule has 1 atom stereocenters. The Hall–Kier alpha value is -2.52. The number of ether oxygens (including phenoxy) is 2. The summed E-state index contributed by atoms with van der Waals surface area (Å²) in [6.07, 6.45) is -2.94. The van der Waals surface area contributed by atoms with E-state index in [1.807, 2.05) is 13.8 Å². The number of alkyl carbamates (subject to hydrolysis) is 1. The van der Waals surface area contributed by atoms with Gasteiger partial charge in [-0.2, -0.15) is 13.2 Å². The number of halogens is 3. The second-order valence-corrected chi connectivity index (χ2v) is 8.88. The highest BCUT2D eigenvalue weighted by molar-refractivity contribution is 5.86. The van der Waals surface area contributed by atoms with Crippen LogP contribution in [0.3, 0.4) is 0 Å². The second-order valence-electron chi connectivity index (χ2n) is 8.88. The van der Waals surface area contributed by atoms with Crippen LogP contribution in [0.4, 0.5) is 18.0 Å². The Kier molecular flexibility index (Phi) is 7.77. The van der Waals surface area contributed by atoms with Crippen LogP contribution in [-0.2, 0) is 15.7 Å². The summed E-state index contributed by atoms with van der Waals surface area (Å²) in [5.41, 5.74) is -1.61. The number of hydrogen-bond acceptors (Lipinski definition) is 5. The van der Waals surface area contributed by atoms with Crippen LogP contribution in [0.25, 0.3) is 0 Å². The maximum absolute atomic E-state index is 13.1. The number of piperidine rings is 1. The number of aromatic nitrogens is 1. The lowest BCUT2D eigenvalue weighted by atomic mass is 10.0. The third kappa shape index (κ3) is 7.29. The number of carbonyl (C=O) groups is 2. The van der Waals surface area contributed by atoms with Crippen LogP contribution in [0.1, 0.15) is 53.0 Å². The van der Waals surface area contributed by atoms with Gasteiger partial charge in [-0.3, -0.25) is 9.78 Å². The van der Waals surface area contributed by atoms with Gasteiger partial charge in [0.15, 0.2) is 0 Å². The average molecular weight is 445 g/mol. The van der Waals surface area contributed by atoms with E-state index in [0.717, 1.165) is 6.20 Å². The molecule has 0 bridgehead atoms. The Bertz CT molecular complexity index is 770. The molecule has 10 heteroatoms. The van der Waals surface area contributed by atoms with Gasteiger partial charge in [0, 0.05) is 38.3 Å². The highest BCUT2D eigenvalue weighted by atomic mass is 19.4. The van der Waals surface area contributed by atoms with E-state index >= 15 is 0 Å². The van der Waals surface area contributed by atoms with Gasteiger partial charge in [0.2, 0.25) is 5.91 Å². The van der Waals surface area contributed by atoms with Gasteiger partial charge in [0.1, 0.15) is 29.1 Å². The maximum Gasteiger partial charge on any atom is 0.421 e. The Morgan fingerprint density at radius 2 is 1.81 bits per heavy atom. The van der Waals surface area contributed by atoms with Crippen LogP contribution < -0.4 is 10.1 Å².